The first kappa shape index (κ1) is 30.9. The molecule has 0 aromatic rings. The third-order valence-electron chi connectivity index (χ3n) is 4.60. The topological polar surface area (TPSA) is 60.7 Å². The van der Waals surface area contributed by atoms with Crippen molar-refractivity contribution in [3.05, 3.63) is 20.0 Å². The van der Waals surface area contributed by atoms with Gasteiger partial charge in [0.05, 0.1) is 0 Å². The Morgan fingerprint density at radius 1 is 0.692 bits per heavy atom. The van der Waals surface area contributed by atoms with Crippen LogP contribution in [0.5, 0.6) is 0 Å². The molecule has 0 bridgehead atoms. The molecule has 0 aromatic heterocycles. The zero-order chi connectivity index (χ0) is 21.2. The number of aliphatic hydroxyl groups excluding tert-OH is 3. The van der Waals surface area contributed by atoms with Gasteiger partial charge in [0.1, 0.15) is 0 Å². The van der Waals surface area contributed by atoms with E-state index in [2.05, 4.69) is 55.4 Å². The minimum absolute atomic E-state index is 0.344. The van der Waals surface area contributed by atoms with Crippen molar-refractivity contribution in [1.29, 1.82) is 0 Å². The molecule has 0 aliphatic heterocycles. The summed E-state index contributed by atoms with van der Waals surface area (Å²) in [6, 6.07) is 0. The molecule has 3 N–H and O–H groups in total. The molecule has 4 heteroatoms. The number of allylic oxidation sites excluding steroid dienone is 4. The van der Waals surface area contributed by atoms with E-state index in [0.717, 1.165) is 38.5 Å². The number of rotatable bonds is 6. The summed E-state index contributed by atoms with van der Waals surface area (Å²) in [7, 11) is 0. The van der Waals surface area contributed by atoms with Crippen LogP contribution >= 0.6 is 0 Å². The van der Waals surface area contributed by atoms with Crippen molar-refractivity contribution in [1.82, 2.24) is 0 Å². The molecule has 155 valence electrons. The molecule has 0 heterocycles. The van der Waals surface area contributed by atoms with Gasteiger partial charge < -0.3 is 15.3 Å². The van der Waals surface area contributed by atoms with Gasteiger partial charge in [0, 0.05) is 19.8 Å². The van der Waals surface area contributed by atoms with Crippen molar-refractivity contribution >= 4 is 0 Å². The second-order valence-corrected chi connectivity index (χ2v) is 8.90. The maximum Gasteiger partial charge on any atom is 0.0430 e. The molecule has 0 aromatic carbocycles. The normalized spacial score (nSPS) is 14.7. The van der Waals surface area contributed by atoms with Crippen molar-refractivity contribution in [3.8, 4) is 0 Å². The average molecular weight is 536 g/mol. The molecule has 0 radical (unpaired) electrons. The Morgan fingerprint density at radius 3 is 1.04 bits per heavy atom. The van der Waals surface area contributed by atoms with E-state index in [4.69, 9.17) is 15.3 Å². The fourth-order valence-corrected chi connectivity index (χ4v) is 3.42. The molecule has 0 atom stereocenters. The molecule has 0 unspecified atom stereocenters. The van der Waals surface area contributed by atoms with Gasteiger partial charge in [0.2, 0.25) is 0 Å². The largest absolute Gasteiger partial charge is 0.396 e. The minimum atomic E-state index is 0.344. The zero-order valence-electron chi connectivity index (χ0n) is 18.7. The van der Waals surface area contributed by atoms with E-state index in [1.54, 1.807) is 14.5 Å². The van der Waals surface area contributed by atoms with Gasteiger partial charge >= 0.3 is 84.5 Å². The van der Waals surface area contributed by atoms with E-state index in [9.17, 15) is 0 Å². The van der Waals surface area contributed by atoms with Gasteiger partial charge in [0.25, 0.3) is 0 Å². The fourth-order valence-electron chi connectivity index (χ4n) is 2.07. The van der Waals surface area contributed by atoms with Crippen LogP contribution in [0.1, 0.15) is 93.9 Å². The van der Waals surface area contributed by atoms with Gasteiger partial charge in [-0.1, -0.05) is 40.0 Å². The van der Waals surface area contributed by atoms with Crippen LogP contribution in [0.15, 0.2) is 20.0 Å². The summed E-state index contributed by atoms with van der Waals surface area (Å²) in [6.45, 7) is 18.6. The Hall–Kier alpha value is 0.230. The third-order valence-corrected chi connectivity index (χ3v) is 8.19. The Kier molecular flexibility index (Phi) is 23.8. The second-order valence-electron chi connectivity index (χ2n) is 7.11. The molecule has 1 aliphatic carbocycles. The fraction of sp³-hybridized carbons (Fsp3) is 0.818. The molecular weight excluding hydrogens is 491 g/mol. The molecule has 26 heavy (non-hydrogen) atoms. The van der Waals surface area contributed by atoms with Crippen molar-refractivity contribution in [2.75, 3.05) is 19.8 Å². The van der Waals surface area contributed by atoms with E-state index in [0.29, 0.717) is 25.2 Å². The monoisotopic (exact) mass is 537 g/mol. The van der Waals surface area contributed by atoms with Crippen LogP contribution in [0.3, 0.4) is 0 Å². The standard InChI is InChI=1S/C10H15.3C4H10O.Hf/c1-7-6-10(4,5)9(3)8(7)2;3*1-2-3-4-5;/h1-5H3;3*5H,2-4H2,1H3;. The first-order valence-corrected chi connectivity index (χ1v) is 11.9. The molecular formula is C22H45HfO3. The Bertz CT molecular complexity index is 339. The van der Waals surface area contributed by atoms with Crippen LogP contribution in [0.25, 0.3) is 0 Å². The minimum Gasteiger partial charge on any atom is -0.396 e. The summed E-state index contributed by atoms with van der Waals surface area (Å²) in [6.07, 6.45) is 6.11. The summed E-state index contributed by atoms with van der Waals surface area (Å²) < 4.78 is 1.67. The van der Waals surface area contributed by atoms with Crippen LogP contribution in [-0.4, -0.2) is 35.1 Å². The van der Waals surface area contributed by atoms with E-state index in [1.165, 1.54) is 29.9 Å². The van der Waals surface area contributed by atoms with Gasteiger partial charge in [-0.3, -0.25) is 0 Å². The molecule has 0 saturated heterocycles. The zero-order valence-corrected chi connectivity index (χ0v) is 22.3. The van der Waals surface area contributed by atoms with Gasteiger partial charge in [0.15, 0.2) is 0 Å². The summed E-state index contributed by atoms with van der Waals surface area (Å²) in [4.78, 5) is 0. The summed E-state index contributed by atoms with van der Waals surface area (Å²) in [5.74, 6) is 0. The molecule has 3 nitrogen and oxygen atoms in total. The van der Waals surface area contributed by atoms with Crippen LogP contribution in [0.4, 0.5) is 0 Å². The SMILES string of the molecule is CC1=C(C)C(C)(C)[C]([Hf])=C1C.CCCCO.CCCCO.CCCCO. The van der Waals surface area contributed by atoms with Crippen LogP contribution < -0.4 is 0 Å². The number of hydrogen-bond acceptors (Lipinski definition) is 3. The van der Waals surface area contributed by atoms with Gasteiger partial charge in [-0.25, -0.2) is 0 Å². The number of aliphatic hydroxyl groups is 3. The maximum atomic E-state index is 8.07. The van der Waals surface area contributed by atoms with E-state index in [-0.39, 0.29) is 0 Å². The smallest absolute Gasteiger partial charge is 0.0430 e. The van der Waals surface area contributed by atoms with Crippen LogP contribution in [0.2, 0.25) is 0 Å². The van der Waals surface area contributed by atoms with Gasteiger partial charge in [-0.2, -0.15) is 0 Å². The molecule has 0 fully saturated rings. The second kappa shape index (κ2) is 20.0. The van der Waals surface area contributed by atoms with Crippen molar-refractivity contribution in [3.63, 3.8) is 0 Å². The van der Waals surface area contributed by atoms with Crippen LogP contribution in [-0.2, 0) is 24.4 Å². The summed E-state index contributed by atoms with van der Waals surface area (Å²) in [5.41, 5.74) is 5.03. The molecule has 0 amide bonds. The van der Waals surface area contributed by atoms with Gasteiger partial charge in [-0.05, 0) is 19.3 Å². The van der Waals surface area contributed by atoms with Crippen LogP contribution in [0, 0.1) is 5.41 Å². The Morgan fingerprint density at radius 2 is 1.00 bits per heavy atom. The Balaban J connectivity index is -0.000000300. The summed E-state index contributed by atoms with van der Waals surface area (Å²) >= 11 is 1.21. The first-order chi connectivity index (χ1) is 12.1. The molecule has 1 aliphatic rings. The number of hydrogen-bond donors (Lipinski definition) is 3. The first-order valence-electron chi connectivity index (χ1n) is 10.1. The van der Waals surface area contributed by atoms with Crippen molar-refractivity contribution < 1.29 is 39.7 Å². The Labute approximate surface area is 178 Å². The quantitative estimate of drug-likeness (QED) is 0.392. The average Bonchev–Trinajstić information content (AvgIpc) is 2.74. The molecule has 1 rings (SSSR count). The predicted octanol–water partition coefficient (Wildman–Crippen LogP) is 5.52. The maximum absolute atomic E-state index is 8.07. The van der Waals surface area contributed by atoms with Gasteiger partial charge in [-0.15, -0.1) is 0 Å². The van der Waals surface area contributed by atoms with Crippen molar-refractivity contribution in [2.24, 2.45) is 5.41 Å². The van der Waals surface area contributed by atoms with E-state index >= 15 is 0 Å². The predicted molar refractivity (Wildman–Crippen MR) is 111 cm³/mol. The summed E-state index contributed by atoms with van der Waals surface area (Å²) in [5, 5.41) is 24.2. The van der Waals surface area contributed by atoms with Crippen molar-refractivity contribution in [2.45, 2.75) is 93.9 Å². The van der Waals surface area contributed by atoms with E-state index in [1.807, 2.05) is 0 Å². The molecule has 0 spiro atoms. The number of unbranched alkanes of at least 4 members (excludes halogenated alkanes) is 3. The molecule has 0 saturated carbocycles. The van der Waals surface area contributed by atoms with E-state index < -0.39 is 0 Å². The third kappa shape index (κ3) is 14.3.